The quantitative estimate of drug-likeness (QED) is 0.155. The predicted molar refractivity (Wildman–Crippen MR) is 179 cm³/mol. The lowest BCUT2D eigenvalue weighted by Crippen LogP contribution is -2.43. The number of fused-ring (bicyclic) bond motifs is 2. The van der Waals surface area contributed by atoms with Crippen molar-refractivity contribution in [2.24, 2.45) is 0 Å². The summed E-state index contributed by atoms with van der Waals surface area (Å²) >= 11 is 6.58. The summed E-state index contributed by atoms with van der Waals surface area (Å²) in [5.74, 6) is 0.405. The number of nitrogens with one attached hydrogen (secondary N) is 2. The number of nitrogens with zero attached hydrogens (tertiary/aromatic N) is 3. The number of pyridine rings is 1. The van der Waals surface area contributed by atoms with Crippen LogP contribution in [0.4, 0.5) is 15.4 Å². The molecule has 242 valence electrons. The Kier molecular flexibility index (Phi) is 8.90. The number of carbonyl (C=O) groups is 2. The molecule has 1 atom stereocenters. The van der Waals surface area contributed by atoms with E-state index in [1.54, 1.807) is 53.7 Å². The number of aromatic nitrogens is 4. The molecule has 4 N–H and O–H groups in total. The number of hydrogen-bond acceptors (Lipinski definition) is 8. The summed E-state index contributed by atoms with van der Waals surface area (Å²) < 4.78 is 18.5. The van der Waals surface area contributed by atoms with Crippen molar-refractivity contribution in [3.8, 4) is 16.9 Å². The standard InChI is InChI=1S/C34H39ClN6O5/c1-19-24-15-20(12-13-27(24)41(40-19)32(43)46-34(5,6)7)25-16-28(30(36)39-29(25)35)44-18-22(38-31(42)45-33(2,3)4)14-21-17-37-26-11-9-8-10-23(21)26/h8-13,15-17,22,37H,14,18H2,1-7H3,(H2,36,39)(H,38,42)/t22-/m1/s1. The Labute approximate surface area is 272 Å². The number of aromatic amines is 1. The summed E-state index contributed by atoms with van der Waals surface area (Å²) in [7, 11) is 0. The number of rotatable bonds is 7. The maximum Gasteiger partial charge on any atom is 0.435 e. The number of hydrogen-bond donors (Lipinski definition) is 3. The second kappa shape index (κ2) is 12.6. The molecule has 0 aliphatic heterocycles. The van der Waals surface area contributed by atoms with Crippen LogP contribution < -0.4 is 15.8 Å². The van der Waals surface area contributed by atoms with Gasteiger partial charge in [-0.05, 0) is 90.3 Å². The summed E-state index contributed by atoms with van der Waals surface area (Å²) in [5, 5.41) is 9.33. The number of nitrogens with two attached hydrogens (primary N) is 1. The monoisotopic (exact) mass is 646 g/mol. The largest absolute Gasteiger partial charge is 0.488 e. The van der Waals surface area contributed by atoms with Crippen molar-refractivity contribution in [2.75, 3.05) is 12.3 Å². The molecule has 0 saturated carbocycles. The zero-order chi connectivity index (χ0) is 33.4. The molecule has 0 fully saturated rings. The zero-order valence-corrected chi connectivity index (χ0v) is 27.8. The molecule has 3 aromatic heterocycles. The van der Waals surface area contributed by atoms with Crippen LogP contribution in [0.25, 0.3) is 32.9 Å². The second-order valence-corrected chi connectivity index (χ2v) is 13.5. The van der Waals surface area contributed by atoms with Crippen LogP contribution >= 0.6 is 11.6 Å². The fraction of sp³-hybridized carbons (Fsp3) is 0.353. The molecule has 0 bridgehead atoms. The van der Waals surface area contributed by atoms with Crippen LogP contribution in [0.15, 0.2) is 54.7 Å². The van der Waals surface area contributed by atoms with E-state index < -0.39 is 29.4 Å². The molecule has 0 aliphatic carbocycles. The molecular weight excluding hydrogens is 608 g/mol. The van der Waals surface area contributed by atoms with E-state index in [9.17, 15) is 9.59 Å². The number of carbonyl (C=O) groups excluding carboxylic acids is 2. The first kappa shape index (κ1) is 32.6. The Morgan fingerprint density at radius 1 is 1.02 bits per heavy atom. The van der Waals surface area contributed by atoms with Crippen molar-refractivity contribution < 1.29 is 23.8 Å². The van der Waals surface area contributed by atoms with E-state index in [1.807, 2.05) is 49.5 Å². The molecule has 0 spiro atoms. The fourth-order valence-electron chi connectivity index (χ4n) is 5.07. The number of ether oxygens (including phenoxy) is 3. The Hall–Kier alpha value is -4.77. The lowest BCUT2D eigenvalue weighted by Gasteiger charge is -2.24. The summed E-state index contributed by atoms with van der Waals surface area (Å²) in [6, 6.07) is 14.7. The molecule has 12 heteroatoms. The van der Waals surface area contributed by atoms with Gasteiger partial charge in [0.15, 0.2) is 11.6 Å². The molecule has 2 aromatic carbocycles. The molecule has 0 unspecified atom stereocenters. The summed E-state index contributed by atoms with van der Waals surface area (Å²) in [6.07, 6.45) is 1.27. The predicted octanol–water partition coefficient (Wildman–Crippen LogP) is 7.42. The molecule has 5 aromatic rings. The van der Waals surface area contributed by atoms with Gasteiger partial charge in [-0.15, -0.1) is 0 Å². The SMILES string of the molecule is Cc1nn(C(=O)OC(C)(C)C)c2ccc(-c3cc(OC[C@@H](Cc4c[nH]c5ccccc45)NC(=O)OC(C)(C)C)c(N)nc3Cl)cc12. The third-order valence-electron chi connectivity index (χ3n) is 7.01. The first-order valence-corrected chi connectivity index (χ1v) is 15.3. The highest BCUT2D eigenvalue weighted by molar-refractivity contribution is 6.32. The van der Waals surface area contributed by atoms with E-state index in [4.69, 9.17) is 31.5 Å². The van der Waals surface area contributed by atoms with Crippen molar-refractivity contribution in [2.45, 2.75) is 72.1 Å². The fourth-order valence-corrected chi connectivity index (χ4v) is 5.32. The van der Waals surface area contributed by atoms with Gasteiger partial charge < -0.3 is 30.2 Å². The normalized spacial score (nSPS) is 12.7. The highest BCUT2D eigenvalue weighted by atomic mass is 35.5. The molecular formula is C34H39ClN6O5. The summed E-state index contributed by atoms with van der Waals surface area (Å²) in [5.41, 5.74) is 9.46. The lowest BCUT2D eigenvalue weighted by atomic mass is 10.0. The highest BCUT2D eigenvalue weighted by Crippen LogP contribution is 2.35. The van der Waals surface area contributed by atoms with Gasteiger partial charge in [0.25, 0.3) is 0 Å². The van der Waals surface area contributed by atoms with Gasteiger partial charge in [-0.1, -0.05) is 35.9 Å². The number of halogens is 1. The highest BCUT2D eigenvalue weighted by Gasteiger charge is 2.24. The topological polar surface area (TPSA) is 146 Å². The van der Waals surface area contributed by atoms with Crippen LogP contribution in [0.2, 0.25) is 5.15 Å². The third-order valence-corrected chi connectivity index (χ3v) is 7.30. The van der Waals surface area contributed by atoms with Crippen LogP contribution in [0.3, 0.4) is 0 Å². The lowest BCUT2D eigenvalue weighted by molar-refractivity contribution is 0.0484. The summed E-state index contributed by atoms with van der Waals surface area (Å²) in [4.78, 5) is 33.2. The molecule has 3 heterocycles. The van der Waals surface area contributed by atoms with Gasteiger partial charge in [-0.2, -0.15) is 9.78 Å². The second-order valence-electron chi connectivity index (χ2n) is 13.1. The van der Waals surface area contributed by atoms with Crippen LogP contribution in [-0.2, 0) is 15.9 Å². The van der Waals surface area contributed by atoms with Gasteiger partial charge in [-0.3, -0.25) is 0 Å². The van der Waals surface area contributed by atoms with E-state index in [1.165, 1.54) is 4.68 Å². The number of benzene rings is 2. The van der Waals surface area contributed by atoms with Crippen molar-refractivity contribution in [3.05, 3.63) is 71.1 Å². The maximum absolute atomic E-state index is 12.8. The Balaban J connectivity index is 1.41. The Morgan fingerprint density at radius 3 is 2.46 bits per heavy atom. The van der Waals surface area contributed by atoms with Crippen LogP contribution in [-0.4, -0.2) is 55.8 Å². The van der Waals surface area contributed by atoms with Crippen molar-refractivity contribution >= 4 is 51.4 Å². The molecule has 0 radical (unpaired) electrons. The number of amides is 1. The van der Waals surface area contributed by atoms with Gasteiger partial charge in [0, 0.05) is 28.0 Å². The molecule has 11 nitrogen and oxygen atoms in total. The molecule has 0 aliphatic rings. The smallest absolute Gasteiger partial charge is 0.435 e. The summed E-state index contributed by atoms with van der Waals surface area (Å²) in [6.45, 7) is 12.7. The van der Waals surface area contributed by atoms with Crippen molar-refractivity contribution in [1.82, 2.24) is 25.1 Å². The van der Waals surface area contributed by atoms with E-state index >= 15 is 0 Å². The first-order chi connectivity index (χ1) is 21.6. The average molecular weight is 647 g/mol. The molecule has 1 amide bonds. The van der Waals surface area contributed by atoms with Gasteiger partial charge in [0.05, 0.1) is 17.3 Å². The Morgan fingerprint density at radius 2 is 1.74 bits per heavy atom. The number of nitrogen functional groups attached to an aromatic ring is 1. The van der Waals surface area contributed by atoms with Gasteiger partial charge in [0.1, 0.15) is 23.0 Å². The third kappa shape index (κ3) is 7.54. The van der Waals surface area contributed by atoms with E-state index in [2.05, 4.69) is 20.4 Å². The van der Waals surface area contributed by atoms with E-state index in [0.717, 1.165) is 27.4 Å². The number of anilines is 1. The molecule has 5 rings (SSSR count). The minimum atomic E-state index is -0.668. The van der Waals surface area contributed by atoms with Gasteiger partial charge in [-0.25, -0.2) is 14.6 Å². The van der Waals surface area contributed by atoms with Crippen LogP contribution in [0.5, 0.6) is 5.75 Å². The van der Waals surface area contributed by atoms with E-state index in [0.29, 0.717) is 28.9 Å². The Bertz CT molecular complexity index is 1920. The van der Waals surface area contributed by atoms with Crippen molar-refractivity contribution in [1.29, 1.82) is 0 Å². The van der Waals surface area contributed by atoms with Gasteiger partial charge in [0.2, 0.25) is 0 Å². The minimum absolute atomic E-state index is 0.0759. The number of aryl methyl sites for hydroxylation is 1. The van der Waals surface area contributed by atoms with E-state index in [-0.39, 0.29) is 17.6 Å². The van der Waals surface area contributed by atoms with Gasteiger partial charge >= 0.3 is 12.2 Å². The zero-order valence-electron chi connectivity index (χ0n) is 27.0. The number of alkyl carbamates (subject to hydrolysis) is 1. The van der Waals surface area contributed by atoms with Crippen molar-refractivity contribution in [3.63, 3.8) is 0 Å². The molecule has 0 saturated heterocycles. The minimum Gasteiger partial charge on any atom is -0.488 e. The van der Waals surface area contributed by atoms with Crippen LogP contribution in [0.1, 0.15) is 52.8 Å². The maximum atomic E-state index is 12.8. The average Bonchev–Trinajstić information content (AvgIpc) is 3.51. The molecule has 46 heavy (non-hydrogen) atoms. The first-order valence-electron chi connectivity index (χ1n) is 14.9. The number of para-hydroxylation sites is 1. The number of H-pyrrole nitrogens is 1. The van der Waals surface area contributed by atoms with Crippen LogP contribution in [0, 0.1) is 6.92 Å².